The van der Waals surface area contributed by atoms with Crippen LogP contribution in [0.4, 0.5) is 0 Å². The monoisotopic (exact) mass is 157 g/mol. The van der Waals surface area contributed by atoms with Gasteiger partial charge in [0.2, 0.25) is 5.91 Å². The van der Waals surface area contributed by atoms with Crippen molar-refractivity contribution in [1.29, 1.82) is 0 Å². The summed E-state index contributed by atoms with van der Waals surface area (Å²) in [5, 5.41) is 2.59. The van der Waals surface area contributed by atoms with Crippen LogP contribution < -0.4 is 5.32 Å². The number of ketones is 1. The summed E-state index contributed by atoms with van der Waals surface area (Å²) in [6, 6.07) is -0.357. The second-order valence-electron chi connectivity index (χ2n) is 3.00. The predicted molar refractivity (Wildman–Crippen MR) is 43.1 cm³/mol. The molecule has 0 heterocycles. The van der Waals surface area contributed by atoms with E-state index >= 15 is 0 Å². The summed E-state index contributed by atoms with van der Waals surface area (Å²) in [6.45, 7) is 6.73. The minimum Gasteiger partial charge on any atom is -0.346 e. The molecule has 1 N–H and O–H groups in total. The van der Waals surface area contributed by atoms with E-state index in [1.165, 1.54) is 6.92 Å². The minimum absolute atomic E-state index is 0.0148. The van der Waals surface area contributed by atoms with E-state index in [1.54, 1.807) is 20.8 Å². The third kappa shape index (κ3) is 3.75. The molecule has 0 aromatic carbocycles. The molecular weight excluding hydrogens is 142 g/mol. The molecule has 0 aromatic heterocycles. The predicted octanol–water partition coefficient (Wildman–Crippen LogP) is 0.736. The molecule has 3 heteroatoms. The van der Waals surface area contributed by atoms with Crippen LogP contribution in [0.2, 0.25) is 0 Å². The Hall–Kier alpha value is -0.860. The van der Waals surface area contributed by atoms with Gasteiger partial charge in [0.05, 0.1) is 6.04 Å². The first kappa shape index (κ1) is 10.1. The Morgan fingerprint density at radius 3 is 1.91 bits per heavy atom. The Morgan fingerprint density at radius 1 is 1.18 bits per heavy atom. The number of Topliss-reactive ketones (excluding diaryl/α,β-unsaturated/α-hetero) is 1. The van der Waals surface area contributed by atoms with Crippen LogP contribution in [0, 0.1) is 5.92 Å². The maximum atomic E-state index is 11.0. The molecule has 0 spiro atoms. The van der Waals surface area contributed by atoms with Gasteiger partial charge in [-0.05, 0) is 13.8 Å². The van der Waals surface area contributed by atoms with Crippen molar-refractivity contribution >= 4 is 11.7 Å². The number of hydrogen-bond acceptors (Lipinski definition) is 2. The van der Waals surface area contributed by atoms with Crippen molar-refractivity contribution in [2.75, 3.05) is 0 Å². The first-order valence-electron chi connectivity index (χ1n) is 3.76. The van der Waals surface area contributed by atoms with Crippen molar-refractivity contribution in [1.82, 2.24) is 5.32 Å². The molecule has 0 saturated carbocycles. The molecule has 0 saturated heterocycles. The number of hydrogen-bond donors (Lipinski definition) is 1. The first-order chi connectivity index (χ1) is 4.95. The molecule has 0 fully saturated rings. The lowest BCUT2D eigenvalue weighted by molar-refractivity contribution is -0.128. The molecule has 11 heavy (non-hydrogen) atoms. The van der Waals surface area contributed by atoms with Crippen LogP contribution >= 0.6 is 0 Å². The minimum atomic E-state index is -0.357. The zero-order chi connectivity index (χ0) is 9.02. The number of carbonyl (C=O) groups is 2. The molecule has 0 rings (SSSR count). The zero-order valence-corrected chi connectivity index (χ0v) is 7.47. The molecule has 64 valence electrons. The smallest absolute Gasteiger partial charge is 0.223 e. The standard InChI is InChI=1S/C8H15NO2/c1-5(2)8(11)9-6(3)7(4)10/h5-6H,1-4H3,(H,9,11). The van der Waals surface area contributed by atoms with Gasteiger partial charge >= 0.3 is 0 Å². The van der Waals surface area contributed by atoms with Gasteiger partial charge < -0.3 is 5.32 Å². The maximum absolute atomic E-state index is 11.0. The van der Waals surface area contributed by atoms with E-state index in [0.29, 0.717) is 0 Å². The quantitative estimate of drug-likeness (QED) is 0.656. The van der Waals surface area contributed by atoms with Crippen molar-refractivity contribution in [3.63, 3.8) is 0 Å². The first-order valence-corrected chi connectivity index (χ1v) is 3.76. The van der Waals surface area contributed by atoms with E-state index in [0.717, 1.165) is 0 Å². The van der Waals surface area contributed by atoms with Gasteiger partial charge in [-0.1, -0.05) is 13.8 Å². The van der Waals surface area contributed by atoms with Crippen LogP contribution in [0.5, 0.6) is 0 Å². The molecule has 0 radical (unpaired) electrons. The lowest BCUT2D eigenvalue weighted by Gasteiger charge is -2.11. The lowest BCUT2D eigenvalue weighted by Crippen LogP contribution is -2.39. The molecule has 0 aliphatic rings. The summed E-state index contributed by atoms with van der Waals surface area (Å²) < 4.78 is 0. The summed E-state index contributed by atoms with van der Waals surface area (Å²) >= 11 is 0. The highest BCUT2D eigenvalue weighted by Crippen LogP contribution is 1.93. The summed E-state index contributed by atoms with van der Waals surface area (Å²) in [7, 11) is 0. The SMILES string of the molecule is CC(=O)C(C)NC(=O)C(C)C. The number of amides is 1. The summed E-state index contributed by atoms with van der Waals surface area (Å²) in [6.07, 6.45) is 0. The van der Waals surface area contributed by atoms with Crippen molar-refractivity contribution in [2.45, 2.75) is 33.7 Å². The van der Waals surface area contributed by atoms with Crippen molar-refractivity contribution in [2.24, 2.45) is 5.92 Å². The van der Waals surface area contributed by atoms with E-state index in [2.05, 4.69) is 5.32 Å². The molecule has 0 bridgehead atoms. The van der Waals surface area contributed by atoms with Crippen molar-refractivity contribution in [3.05, 3.63) is 0 Å². The Bertz CT molecular complexity index is 163. The van der Waals surface area contributed by atoms with E-state index in [9.17, 15) is 9.59 Å². The van der Waals surface area contributed by atoms with E-state index in [1.807, 2.05) is 0 Å². The largest absolute Gasteiger partial charge is 0.346 e. The summed E-state index contributed by atoms with van der Waals surface area (Å²) in [5.74, 6) is -0.150. The van der Waals surface area contributed by atoms with E-state index < -0.39 is 0 Å². The van der Waals surface area contributed by atoms with Crippen molar-refractivity contribution in [3.8, 4) is 0 Å². The molecule has 1 unspecified atom stereocenters. The van der Waals surface area contributed by atoms with Crippen LogP contribution in [-0.4, -0.2) is 17.7 Å². The van der Waals surface area contributed by atoms with Gasteiger partial charge in [-0.3, -0.25) is 9.59 Å². The molecule has 1 atom stereocenters. The van der Waals surface area contributed by atoms with E-state index in [-0.39, 0.29) is 23.7 Å². The Kier molecular flexibility index (Phi) is 3.79. The fourth-order valence-electron chi connectivity index (χ4n) is 0.482. The summed E-state index contributed by atoms with van der Waals surface area (Å²) in [5.41, 5.74) is 0. The van der Waals surface area contributed by atoms with Crippen molar-refractivity contribution < 1.29 is 9.59 Å². The number of carbonyl (C=O) groups excluding carboxylic acids is 2. The molecule has 3 nitrogen and oxygen atoms in total. The van der Waals surface area contributed by atoms with Gasteiger partial charge in [-0.2, -0.15) is 0 Å². The molecular formula is C8H15NO2. The highest BCUT2D eigenvalue weighted by Gasteiger charge is 2.12. The molecule has 0 aliphatic heterocycles. The highest BCUT2D eigenvalue weighted by atomic mass is 16.2. The van der Waals surface area contributed by atoms with Gasteiger partial charge in [0.1, 0.15) is 0 Å². The molecule has 1 amide bonds. The topological polar surface area (TPSA) is 46.2 Å². The molecule has 0 aromatic rings. The van der Waals surface area contributed by atoms with Crippen LogP contribution in [-0.2, 0) is 9.59 Å². The summed E-state index contributed by atoms with van der Waals surface area (Å²) in [4.78, 5) is 21.7. The van der Waals surface area contributed by atoms with Gasteiger partial charge in [-0.25, -0.2) is 0 Å². The average molecular weight is 157 g/mol. The maximum Gasteiger partial charge on any atom is 0.223 e. The zero-order valence-electron chi connectivity index (χ0n) is 7.47. The Balaban J connectivity index is 3.85. The van der Waals surface area contributed by atoms with E-state index in [4.69, 9.17) is 0 Å². The lowest BCUT2D eigenvalue weighted by atomic mass is 10.1. The molecule has 0 aliphatic carbocycles. The Morgan fingerprint density at radius 2 is 1.64 bits per heavy atom. The fourth-order valence-corrected chi connectivity index (χ4v) is 0.482. The van der Waals surface area contributed by atoms with Gasteiger partial charge in [-0.15, -0.1) is 0 Å². The van der Waals surface area contributed by atoms with Gasteiger partial charge in [0.25, 0.3) is 0 Å². The highest BCUT2D eigenvalue weighted by molar-refractivity contribution is 5.87. The average Bonchev–Trinajstić information content (AvgIpc) is 1.87. The normalized spacial score (nSPS) is 12.8. The number of nitrogens with one attached hydrogen (secondary N) is 1. The van der Waals surface area contributed by atoms with Crippen LogP contribution in [0.25, 0.3) is 0 Å². The van der Waals surface area contributed by atoms with Gasteiger partial charge in [0.15, 0.2) is 5.78 Å². The van der Waals surface area contributed by atoms with Crippen LogP contribution in [0.1, 0.15) is 27.7 Å². The van der Waals surface area contributed by atoms with Gasteiger partial charge in [0, 0.05) is 5.92 Å². The third-order valence-electron chi connectivity index (χ3n) is 1.49. The third-order valence-corrected chi connectivity index (χ3v) is 1.49. The van der Waals surface area contributed by atoms with Crippen LogP contribution in [0.3, 0.4) is 0 Å². The number of rotatable bonds is 3. The fraction of sp³-hybridized carbons (Fsp3) is 0.750. The van der Waals surface area contributed by atoms with Crippen LogP contribution in [0.15, 0.2) is 0 Å². The second-order valence-corrected chi connectivity index (χ2v) is 3.00. The second kappa shape index (κ2) is 4.11. The Labute approximate surface area is 67.2 Å².